The standard InChI is InChI=1S/C16H13Cl2NO/c17-13-7-4-8-14(15(13)18)19-16(20)12-9-11(12)10-5-2-1-3-6-10/h1-8,11-12H,9H2,(H,19,20)/t11-,12+/m0/s1. The van der Waals surface area contributed by atoms with Crippen molar-refractivity contribution < 1.29 is 4.79 Å². The van der Waals surface area contributed by atoms with Gasteiger partial charge in [0.15, 0.2) is 0 Å². The van der Waals surface area contributed by atoms with Gasteiger partial charge in [0.1, 0.15) is 0 Å². The molecule has 2 nitrogen and oxygen atoms in total. The highest BCUT2D eigenvalue weighted by Gasteiger charge is 2.43. The SMILES string of the molecule is O=C(Nc1cccc(Cl)c1Cl)[C@@H]1C[C@H]1c1ccccc1. The largest absolute Gasteiger partial charge is 0.324 e. The summed E-state index contributed by atoms with van der Waals surface area (Å²) >= 11 is 12.0. The highest BCUT2D eigenvalue weighted by Crippen LogP contribution is 2.48. The van der Waals surface area contributed by atoms with E-state index in [2.05, 4.69) is 17.4 Å². The van der Waals surface area contributed by atoms with Crippen molar-refractivity contribution in [2.45, 2.75) is 12.3 Å². The molecule has 2 aromatic carbocycles. The topological polar surface area (TPSA) is 29.1 Å². The first kappa shape index (κ1) is 13.5. The zero-order valence-corrected chi connectivity index (χ0v) is 12.2. The number of hydrogen-bond donors (Lipinski definition) is 1. The van der Waals surface area contributed by atoms with Crippen LogP contribution in [-0.2, 0) is 4.79 Å². The van der Waals surface area contributed by atoms with Crippen molar-refractivity contribution in [1.82, 2.24) is 0 Å². The Bertz CT molecular complexity index is 642. The number of rotatable bonds is 3. The fourth-order valence-electron chi connectivity index (χ4n) is 2.38. The Morgan fingerprint density at radius 1 is 1.05 bits per heavy atom. The van der Waals surface area contributed by atoms with E-state index in [0.717, 1.165) is 6.42 Å². The second kappa shape index (κ2) is 5.47. The molecule has 4 heteroatoms. The Morgan fingerprint density at radius 2 is 1.80 bits per heavy atom. The van der Waals surface area contributed by atoms with Gasteiger partial charge < -0.3 is 5.32 Å². The second-order valence-electron chi connectivity index (χ2n) is 4.95. The van der Waals surface area contributed by atoms with Gasteiger partial charge in [0.05, 0.1) is 15.7 Å². The van der Waals surface area contributed by atoms with Crippen LogP contribution >= 0.6 is 23.2 Å². The van der Waals surface area contributed by atoms with Crippen LogP contribution in [0, 0.1) is 5.92 Å². The summed E-state index contributed by atoms with van der Waals surface area (Å²) in [6, 6.07) is 15.3. The molecule has 1 aliphatic carbocycles. The molecule has 1 fully saturated rings. The molecule has 0 radical (unpaired) electrons. The van der Waals surface area contributed by atoms with Crippen molar-refractivity contribution in [1.29, 1.82) is 0 Å². The van der Waals surface area contributed by atoms with Crippen molar-refractivity contribution in [3.8, 4) is 0 Å². The van der Waals surface area contributed by atoms with Gasteiger partial charge in [-0.1, -0.05) is 59.6 Å². The molecule has 20 heavy (non-hydrogen) atoms. The molecule has 0 bridgehead atoms. The number of carbonyl (C=O) groups is 1. The first-order valence-corrected chi connectivity index (χ1v) is 7.22. The van der Waals surface area contributed by atoms with Crippen molar-refractivity contribution in [2.24, 2.45) is 5.92 Å². The molecule has 1 saturated carbocycles. The Balaban J connectivity index is 1.69. The van der Waals surface area contributed by atoms with Crippen LogP contribution < -0.4 is 5.32 Å². The minimum atomic E-state index is 0.00280. The molecule has 0 unspecified atom stereocenters. The third-order valence-electron chi connectivity index (χ3n) is 3.56. The Hall–Kier alpha value is -1.51. The summed E-state index contributed by atoms with van der Waals surface area (Å²) in [5, 5.41) is 3.69. The minimum Gasteiger partial charge on any atom is -0.324 e. The lowest BCUT2D eigenvalue weighted by Crippen LogP contribution is -2.14. The highest BCUT2D eigenvalue weighted by atomic mass is 35.5. The molecule has 0 spiro atoms. The molecule has 0 saturated heterocycles. The molecule has 102 valence electrons. The zero-order chi connectivity index (χ0) is 14.1. The van der Waals surface area contributed by atoms with Gasteiger partial charge in [-0.15, -0.1) is 0 Å². The maximum Gasteiger partial charge on any atom is 0.228 e. The Kier molecular flexibility index (Phi) is 3.68. The summed E-state index contributed by atoms with van der Waals surface area (Å²) in [4.78, 5) is 12.2. The number of anilines is 1. The molecule has 1 N–H and O–H groups in total. The van der Waals surface area contributed by atoms with Crippen LogP contribution in [0.2, 0.25) is 10.0 Å². The van der Waals surface area contributed by atoms with Gasteiger partial charge in [-0.3, -0.25) is 4.79 Å². The lowest BCUT2D eigenvalue weighted by Gasteiger charge is -2.08. The number of nitrogens with one attached hydrogen (secondary N) is 1. The lowest BCUT2D eigenvalue weighted by molar-refractivity contribution is -0.117. The number of hydrogen-bond acceptors (Lipinski definition) is 1. The van der Waals surface area contributed by atoms with Gasteiger partial charge in [-0.05, 0) is 30.0 Å². The van der Waals surface area contributed by atoms with E-state index in [1.807, 2.05) is 18.2 Å². The van der Waals surface area contributed by atoms with Gasteiger partial charge in [0.25, 0.3) is 0 Å². The van der Waals surface area contributed by atoms with E-state index < -0.39 is 0 Å². The molecule has 1 amide bonds. The van der Waals surface area contributed by atoms with Gasteiger partial charge >= 0.3 is 0 Å². The molecule has 2 aromatic rings. The average molecular weight is 306 g/mol. The summed E-state index contributed by atoms with van der Waals surface area (Å²) in [7, 11) is 0. The molecular formula is C16H13Cl2NO. The summed E-state index contributed by atoms with van der Waals surface area (Å²) in [5.41, 5.74) is 1.78. The first-order valence-electron chi connectivity index (χ1n) is 6.46. The van der Waals surface area contributed by atoms with Crippen molar-refractivity contribution in [3.63, 3.8) is 0 Å². The average Bonchev–Trinajstić information content (AvgIpc) is 3.25. The van der Waals surface area contributed by atoms with E-state index in [0.29, 0.717) is 21.7 Å². The van der Waals surface area contributed by atoms with Crippen LogP contribution in [0.15, 0.2) is 48.5 Å². The van der Waals surface area contributed by atoms with E-state index in [9.17, 15) is 4.79 Å². The first-order chi connectivity index (χ1) is 9.66. The maximum atomic E-state index is 12.2. The fraction of sp³-hybridized carbons (Fsp3) is 0.188. The lowest BCUT2D eigenvalue weighted by atomic mass is 10.1. The predicted octanol–water partition coefficient (Wildman–Crippen LogP) is 4.74. The second-order valence-corrected chi connectivity index (χ2v) is 5.74. The number of carbonyl (C=O) groups excluding carboxylic acids is 1. The summed E-state index contributed by atoms with van der Waals surface area (Å²) < 4.78 is 0. The highest BCUT2D eigenvalue weighted by molar-refractivity contribution is 6.44. The quantitative estimate of drug-likeness (QED) is 0.872. The third kappa shape index (κ3) is 2.67. The van der Waals surface area contributed by atoms with E-state index in [1.54, 1.807) is 18.2 Å². The van der Waals surface area contributed by atoms with Gasteiger partial charge in [0.2, 0.25) is 5.91 Å². The number of amides is 1. The monoisotopic (exact) mass is 305 g/mol. The molecule has 2 atom stereocenters. The van der Waals surface area contributed by atoms with Gasteiger partial charge in [-0.25, -0.2) is 0 Å². The smallest absolute Gasteiger partial charge is 0.228 e. The molecule has 0 aromatic heterocycles. The van der Waals surface area contributed by atoms with Crippen LogP contribution in [-0.4, -0.2) is 5.91 Å². The minimum absolute atomic E-state index is 0.00280. The predicted molar refractivity (Wildman–Crippen MR) is 82.4 cm³/mol. The fourth-order valence-corrected chi connectivity index (χ4v) is 2.73. The summed E-state index contributed by atoms with van der Waals surface area (Å²) in [5.74, 6) is 0.338. The number of benzene rings is 2. The van der Waals surface area contributed by atoms with Crippen LogP contribution in [0.5, 0.6) is 0 Å². The normalized spacial score (nSPS) is 20.5. The Morgan fingerprint density at radius 3 is 2.55 bits per heavy atom. The molecule has 3 rings (SSSR count). The van der Waals surface area contributed by atoms with Crippen LogP contribution in [0.25, 0.3) is 0 Å². The van der Waals surface area contributed by atoms with Gasteiger partial charge in [-0.2, -0.15) is 0 Å². The van der Waals surface area contributed by atoms with Gasteiger partial charge in [0, 0.05) is 5.92 Å². The van der Waals surface area contributed by atoms with E-state index in [1.165, 1.54) is 5.56 Å². The Labute approximate surface area is 127 Å². The molecule has 1 aliphatic rings. The summed E-state index contributed by atoms with van der Waals surface area (Å²) in [6.45, 7) is 0. The maximum absolute atomic E-state index is 12.2. The molecule has 0 aliphatic heterocycles. The van der Waals surface area contributed by atoms with Crippen molar-refractivity contribution in [2.75, 3.05) is 5.32 Å². The third-order valence-corrected chi connectivity index (χ3v) is 4.38. The van der Waals surface area contributed by atoms with Crippen LogP contribution in [0.1, 0.15) is 17.9 Å². The summed E-state index contributed by atoms with van der Waals surface area (Å²) in [6.07, 6.45) is 0.883. The van der Waals surface area contributed by atoms with Crippen LogP contribution in [0.3, 0.4) is 0 Å². The number of halogens is 2. The van der Waals surface area contributed by atoms with E-state index >= 15 is 0 Å². The molecular weight excluding hydrogens is 293 g/mol. The zero-order valence-electron chi connectivity index (χ0n) is 10.6. The van der Waals surface area contributed by atoms with Crippen LogP contribution in [0.4, 0.5) is 5.69 Å². The molecule has 0 heterocycles. The van der Waals surface area contributed by atoms with E-state index in [4.69, 9.17) is 23.2 Å². The van der Waals surface area contributed by atoms with E-state index in [-0.39, 0.29) is 11.8 Å². The van der Waals surface area contributed by atoms with Crippen molar-refractivity contribution in [3.05, 3.63) is 64.1 Å². The van der Waals surface area contributed by atoms with Crippen molar-refractivity contribution >= 4 is 34.8 Å².